The number of ketones is 1. The van der Waals surface area contributed by atoms with Gasteiger partial charge in [-0.05, 0) is 36.5 Å². The van der Waals surface area contributed by atoms with Gasteiger partial charge in [0.15, 0.2) is 5.11 Å². The van der Waals surface area contributed by atoms with Crippen molar-refractivity contribution >= 4 is 40.9 Å². The molecule has 94 valence electrons. The number of carbonyl (C=O) groups excluding carboxylic acids is 2. The Bertz CT molecular complexity index is 496. The average Bonchev–Trinajstić information content (AvgIpc) is 2.28. The molecule has 4 N–H and O–H groups in total. The molecular formula is C11H12N4O2S. The summed E-state index contributed by atoms with van der Waals surface area (Å²) in [5.41, 5.74) is 8.49. The van der Waals surface area contributed by atoms with Crippen LogP contribution in [-0.2, 0) is 4.79 Å². The monoisotopic (exact) mass is 264 g/mol. The lowest BCUT2D eigenvalue weighted by Crippen LogP contribution is -2.24. The van der Waals surface area contributed by atoms with Gasteiger partial charge in [-0.25, -0.2) is 0 Å². The summed E-state index contributed by atoms with van der Waals surface area (Å²) >= 11 is 4.52. The lowest BCUT2D eigenvalue weighted by Gasteiger charge is -2.02. The third-order valence-electron chi connectivity index (χ3n) is 1.85. The number of anilines is 1. The van der Waals surface area contributed by atoms with Crippen LogP contribution in [0.25, 0.3) is 0 Å². The number of hydrogen-bond acceptors (Lipinski definition) is 4. The van der Waals surface area contributed by atoms with Crippen molar-refractivity contribution in [3.8, 4) is 0 Å². The Morgan fingerprint density at radius 3 is 2.44 bits per heavy atom. The van der Waals surface area contributed by atoms with Crippen LogP contribution >= 0.6 is 12.2 Å². The smallest absolute Gasteiger partial charge is 0.221 e. The van der Waals surface area contributed by atoms with Crippen molar-refractivity contribution in [3.63, 3.8) is 0 Å². The fourth-order valence-electron chi connectivity index (χ4n) is 1.15. The van der Waals surface area contributed by atoms with Gasteiger partial charge in [0, 0.05) is 18.2 Å². The molecule has 0 fully saturated rings. The van der Waals surface area contributed by atoms with Crippen molar-refractivity contribution in [2.75, 3.05) is 5.32 Å². The normalized spacial score (nSPS) is 10.1. The summed E-state index contributed by atoms with van der Waals surface area (Å²) in [4.78, 5) is 22.4. The molecule has 1 aromatic carbocycles. The molecule has 0 saturated carbocycles. The third kappa shape index (κ3) is 4.71. The Labute approximate surface area is 109 Å². The molecule has 6 nitrogen and oxygen atoms in total. The Morgan fingerprint density at radius 1 is 1.33 bits per heavy atom. The minimum Gasteiger partial charge on any atom is -0.375 e. The maximum atomic E-state index is 11.6. The van der Waals surface area contributed by atoms with E-state index in [0.717, 1.165) is 6.21 Å². The minimum absolute atomic E-state index is 0.0138. The first kappa shape index (κ1) is 13.8. The van der Waals surface area contributed by atoms with Crippen LogP contribution in [0.2, 0.25) is 0 Å². The number of amides is 1. The Balaban J connectivity index is 2.67. The predicted octanol–water partition coefficient (Wildman–Crippen LogP) is 0.647. The molecule has 18 heavy (non-hydrogen) atoms. The van der Waals surface area contributed by atoms with Crippen molar-refractivity contribution in [2.24, 2.45) is 10.8 Å². The molecule has 0 aliphatic rings. The number of nitrogens with two attached hydrogens (primary N) is 1. The number of benzene rings is 1. The lowest BCUT2D eigenvalue weighted by molar-refractivity contribution is -0.114. The van der Waals surface area contributed by atoms with E-state index >= 15 is 0 Å². The molecule has 0 aliphatic carbocycles. The average molecular weight is 264 g/mol. The Kier molecular flexibility index (Phi) is 4.94. The van der Waals surface area contributed by atoms with Crippen molar-refractivity contribution < 1.29 is 9.59 Å². The van der Waals surface area contributed by atoms with Gasteiger partial charge in [0.2, 0.25) is 11.7 Å². The fraction of sp³-hybridized carbons (Fsp3) is 0.0909. The number of carbonyl (C=O) groups is 2. The summed E-state index contributed by atoms with van der Waals surface area (Å²) in [6.07, 6.45) is 1.08. The molecule has 7 heteroatoms. The van der Waals surface area contributed by atoms with Gasteiger partial charge >= 0.3 is 0 Å². The van der Waals surface area contributed by atoms with Crippen molar-refractivity contribution in [1.29, 1.82) is 0 Å². The molecular weight excluding hydrogens is 252 g/mol. The van der Waals surface area contributed by atoms with Gasteiger partial charge in [-0.2, -0.15) is 5.10 Å². The first-order valence-corrected chi connectivity index (χ1v) is 5.40. The quantitative estimate of drug-likeness (QED) is 0.321. The van der Waals surface area contributed by atoms with Gasteiger partial charge in [0.1, 0.15) is 0 Å². The number of Topliss-reactive ketones (excluding diaryl/α,β-unsaturated/α-hetero) is 1. The first-order chi connectivity index (χ1) is 8.49. The number of thiocarbonyl (C=S) groups is 1. The van der Waals surface area contributed by atoms with Gasteiger partial charge < -0.3 is 11.1 Å². The standard InChI is InChI=1S/C11H12N4O2S/c1-7(16)14-9-4-2-8(3-5-9)10(17)6-13-15-11(12)18/h2-6H,1H3,(H,14,16)(H3,12,15,18)/b13-6-. The highest BCUT2D eigenvalue weighted by atomic mass is 32.1. The zero-order valence-corrected chi connectivity index (χ0v) is 10.5. The first-order valence-electron chi connectivity index (χ1n) is 4.99. The fourth-order valence-corrected chi connectivity index (χ4v) is 1.20. The van der Waals surface area contributed by atoms with Gasteiger partial charge in [-0.15, -0.1) is 0 Å². The van der Waals surface area contributed by atoms with E-state index in [2.05, 4.69) is 28.1 Å². The van der Waals surface area contributed by atoms with Crippen LogP contribution in [0.3, 0.4) is 0 Å². The highest BCUT2D eigenvalue weighted by Gasteiger charge is 2.03. The second kappa shape index (κ2) is 6.45. The predicted molar refractivity (Wildman–Crippen MR) is 73.5 cm³/mol. The summed E-state index contributed by atoms with van der Waals surface area (Å²) in [5, 5.41) is 6.14. The molecule has 1 aromatic rings. The maximum absolute atomic E-state index is 11.6. The second-order valence-corrected chi connectivity index (χ2v) is 3.80. The van der Waals surface area contributed by atoms with E-state index in [-0.39, 0.29) is 16.8 Å². The van der Waals surface area contributed by atoms with E-state index in [1.54, 1.807) is 24.3 Å². The molecule has 0 spiro atoms. The molecule has 0 unspecified atom stereocenters. The Morgan fingerprint density at radius 2 is 1.94 bits per heavy atom. The van der Waals surface area contributed by atoms with E-state index < -0.39 is 0 Å². The summed E-state index contributed by atoms with van der Waals surface area (Å²) in [7, 11) is 0. The number of hydrazone groups is 1. The molecule has 0 atom stereocenters. The van der Waals surface area contributed by atoms with Crippen LogP contribution in [0.5, 0.6) is 0 Å². The number of hydrogen-bond donors (Lipinski definition) is 3. The summed E-state index contributed by atoms with van der Waals surface area (Å²) in [6.45, 7) is 1.41. The molecule has 0 aromatic heterocycles. The molecule has 0 heterocycles. The molecule has 0 bridgehead atoms. The topological polar surface area (TPSA) is 96.6 Å². The van der Waals surface area contributed by atoms with E-state index in [4.69, 9.17) is 5.73 Å². The minimum atomic E-state index is -0.298. The van der Waals surface area contributed by atoms with Crippen LogP contribution in [0, 0.1) is 0 Å². The van der Waals surface area contributed by atoms with Gasteiger partial charge in [-0.1, -0.05) is 0 Å². The number of rotatable bonds is 4. The van der Waals surface area contributed by atoms with E-state index in [1.807, 2.05) is 0 Å². The van der Waals surface area contributed by atoms with Gasteiger partial charge in [-0.3, -0.25) is 15.0 Å². The third-order valence-corrected chi connectivity index (χ3v) is 1.94. The Hall–Kier alpha value is -2.28. The van der Waals surface area contributed by atoms with Crippen molar-refractivity contribution in [3.05, 3.63) is 29.8 Å². The molecule has 1 rings (SSSR count). The summed E-state index contributed by atoms with van der Waals surface area (Å²) in [5.74, 6) is -0.468. The van der Waals surface area contributed by atoms with E-state index in [1.165, 1.54) is 6.92 Å². The van der Waals surface area contributed by atoms with E-state index in [0.29, 0.717) is 11.3 Å². The number of nitrogens with one attached hydrogen (secondary N) is 2. The van der Waals surface area contributed by atoms with Crippen molar-refractivity contribution in [2.45, 2.75) is 6.92 Å². The van der Waals surface area contributed by atoms with Crippen LogP contribution in [-0.4, -0.2) is 23.0 Å². The lowest BCUT2D eigenvalue weighted by atomic mass is 10.1. The van der Waals surface area contributed by atoms with E-state index in [9.17, 15) is 9.59 Å². The zero-order valence-electron chi connectivity index (χ0n) is 9.64. The van der Waals surface area contributed by atoms with Gasteiger partial charge in [0.25, 0.3) is 0 Å². The summed E-state index contributed by atoms with van der Waals surface area (Å²) < 4.78 is 0. The van der Waals surface area contributed by atoms with Crippen LogP contribution < -0.4 is 16.5 Å². The van der Waals surface area contributed by atoms with Gasteiger partial charge in [0.05, 0.1) is 6.21 Å². The highest BCUT2D eigenvalue weighted by molar-refractivity contribution is 7.80. The van der Waals surface area contributed by atoms with Crippen LogP contribution in [0.1, 0.15) is 17.3 Å². The number of nitrogens with zero attached hydrogens (tertiary/aromatic N) is 1. The largest absolute Gasteiger partial charge is 0.375 e. The van der Waals surface area contributed by atoms with Crippen LogP contribution in [0.4, 0.5) is 5.69 Å². The van der Waals surface area contributed by atoms with Crippen molar-refractivity contribution in [1.82, 2.24) is 5.43 Å². The molecule has 0 radical (unpaired) electrons. The molecule has 0 saturated heterocycles. The molecule has 1 amide bonds. The summed E-state index contributed by atoms with van der Waals surface area (Å²) in [6, 6.07) is 6.42. The van der Waals surface area contributed by atoms with Crippen LogP contribution in [0.15, 0.2) is 29.4 Å². The zero-order chi connectivity index (χ0) is 13.5. The highest BCUT2D eigenvalue weighted by Crippen LogP contribution is 2.09. The SMILES string of the molecule is CC(=O)Nc1ccc(C(=O)/C=N\NC(N)=S)cc1. The maximum Gasteiger partial charge on any atom is 0.221 e. The second-order valence-electron chi connectivity index (χ2n) is 3.36. The molecule has 0 aliphatic heterocycles.